The average Bonchev–Trinajstić information content (AvgIpc) is 3.65. The number of nitrogens with zero attached hydrogens (tertiary/aromatic N) is 2. The standard InChI is InChI=1S/C24H31N5O6S/c1-33-15-8-6-14(7-9-15)20(23(31)27-12-16-4-2-10-34-16)29(13-17-5-3-11-35-17)24(32)21-18(25)19(22(26)30)28-36-21/h6-9,16-17,20H,2-5,10-13,25H2,1H3,(H2,26,30)(H,27,31)/t16-,17-,20+/m0/s1. The van der Waals surface area contributed by atoms with Crippen molar-refractivity contribution in [2.75, 3.05) is 39.1 Å². The van der Waals surface area contributed by atoms with Gasteiger partial charge in [0.25, 0.3) is 11.8 Å². The number of rotatable bonds is 10. The number of nitrogens with two attached hydrogens (primary N) is 2. The molecule has 0 bridgehead atoms. The number of anilines is 1. The maximum absolute atomic E-state index is 13.9. The number of hydrogen-bond acceptors (Lipinski definition) is 9. The molecule has 0 saturated carbocycles. The van der Waals surface area contributed by atoms with Gasteiger partial charge in [-0.2, -0.15) is 4.37 Å². The smallest absolute Gasteiger partial charge is 0.270 e. The van der Waals surface area contributed by atoms with Crippen LogP contribution in [0.5, 0.6) is 5.75 Å². The van der Waals surface area contributed by atoms with Gasteiger partial charge in [-0.15, -0.1) is 0 Å². The second-order valence-corrected chi connectivity index (χ2v) is 9.56. The van der Waals surface area contributed by atoms with Crippen molar-refractivity contribution in [3.63, 3.8) is 0 Å². The molecule has 3 heterocycles. The monoisotopic (exact) mass is 517 g/mol. The van der Waals surface area contributed by atoms with Crippen molar-refractivity contribution in [3.05, 3.63) is 40.4 Å². The van der Waals surface area contributed by atoms with E-state index >= 15 is 0 Å². The molecule has 36 heavy (non-hydrogen) atoms. The highest BCUT2D eigenvalue weighted by molar-refractivity contribution is 7.09. The van der Waals surface area contributed by atoms with Gasteiger partial charge >= 0.3 is 0 Å². The minimum Gasteiger partial charge on any atom is -0.497 e. The van der Waals surface area contributed by atoms with Crippen LogP contribution in [0.4, 0.5) is 5.69 Å². The van der Waals surface area contributed by atoms with E-state index in [1.54, 1.807) is 31.4 Å². The zero-order valence-electron chi connectivity index (χ0n) is 20.1. The average molecular weight is 518 g/mol. The number of primary amides is 1. The molecule has 4 rings (SSSR count). The summed E-state index contributed by atoms with van der Waals surface area (Å²) in [6.45, 7) is 1.74. The molecule has 0 spiro atoms. The SMILES string of the molecule is COc1ccc([C@H](C(=O)NC[C@@H]2CCCO2)N(C[C@@H]2CCCO2)C(=O)c2snc(C(N)=O)c2N)cc1. The van der Waals surface area contributed by atoms with Gasteiger partial charge in [-0.05, 0) is 54.9 Å². The highest BCUT2D eigenvalue weighted by atomic mass is 32.1. The van der Waals surface area contributed by atoms with Crippen LogP contribution in [-0.4, -0.2) is 72.6 Å². The molecule has 0 unspecified atom stereocenters. The Balaban J connectivity index is 1.70. The minimum atomic E-state index is -0.993. The Labute approximate surface area is 213 Å². The number of nitrogen functional groups attached to an aromatic ring is 1. The van der Waals surface area contributed by atoms with E-state index < -0.39 is 17.9 Å². The zero-order valence-corrected chi connectivity index (χ0v) is 20.9. The van der Waals surface area contributed by atoms with Crippen molar-refractivity contribution in [1.29, 1.82) is 0 Å². The summed E-state index contributed by atoms with van der Waals surface area (Å²) in [7, 11) is 1.55. The van der Waals surface area contributed by atoms with Crippen LogP contribution in [-0.2, 0) is 14.3 Å². The van der Waals surface area contributed by atoms with Gasteiger partial charge in [-0.1, -0.05) is 12.1 Å². The Morgan fingerprint density at radius 2 is 1.83 bits per heavy atom. The van der Waals surface area contributed by atoms with Crippen LogP contribution in [0.25, 0.3) is 0 Å². The normalized spacial score (nSPS) is 20.1. The van der Waals surface area contributed by atoms with Crippen LogP contribution >= 0.6 is 11.5 Å². The molecule has 3 amide bonds. The number of nitrogens with one attached hydrogen (secondary N) is 1. The summed E-state index contributed by atoms with van der Waals surface area (Å²) in [5.74, 6) is -1.09. The molecule has 5 N–H and O–H groups in total. The van der Waals surface area contributed by atoms with Crippen LogP contribution in [0, 0.1) is 0 Å². The molecule has 1 aromatic heterocycles. The van der Waals surface area contributed by atoms with Gasteiger partial charge < -0.3 is 35.9 Å². The van der Waals surface area contributed by atoms with E-state index in [1.807, 2.05) is 0 Å². The second-order valence-electron chi connectivity index (χ2n) is 8.79. The molecular formula is C24H31N5O6S. The largest absolute Gasteiger partial charge is 0.497 e. The predicted molar refractivity (Wildman–Crippen MR) is 133 cm³/mol. The molecular weight excluding hydrogens is 486 g/mol. The maximum atomic E-state index is 13.9. The Bertz CT molecular complexity index is 1080. The fraction of sp³-hybridized carbons (Fsp3) is 0.500. The number of carbonyl (C=O) groups is 3. The van der Waals surface area contributed by atoms with Crippen molar-refractivity contribution in [3.8, 4) is 5.75 Å². The summed E-state index contributed by atoms with van der Waals surface area (Å²) in [5.41, 5.74) is 11.8. The third-order valence-corrected chi connectivity index (χ3v) is 7.21. The number of methoxy groups -OCH3 is 1. The first-order chi connectivity index (χ1) is 17.4. The summed E-state index contributed by atoms with van der Waals surface area (Å²) in [4.78, 5) is 40.7. The van der Waals surface area contributed by atoms with Gasteiger partial charge in [0.05, 0.1) is 25.0 Å². The van der Waals surface area contributed by atoms with Crippen molar-refractivity contribution in [2.45, 2.75) is 43.9 Å². The summed E-state index contributed by atoms with van der Waals surface area (Å²) in [5, 5.41) is 2.95. The number of amides is 3. The zero-order chi connectivity index (χ0) is 25.7. The van der Waals surface area contributed by atoms with Gasteiger partial charge in [-0.3, -0.25) is 14.4 Å². The Kier molecular flexibility index (Phi) is 8.39. The van der Waals surface area contributed by atoms with Gasteiger partial charge in [-0.25, -0.2) is 0 Å². The van der Waals surface area contributed by atoms with Crippen molar-refractivity contribution in [1.82, 2.24) is 14.6 Å². The van der Waals surface area contributed by atoms with Gasteiger partial charge in [0.15, 0.2) is 5.69 Å². The van der Waals surface area contributed by atoms with E-state index in [-0.39, 0.29) is 40.9 Å². The van der Waals surface area contributed by atoms with Crippen LogP contribution in [0.2, 0.25) is 0 Å². The van der Waals surface area contributed by atoms with Gasteiger partial charge in [0.1, 0.15) is 16.7 Å². The highest BCUT2D eigenvalue weighted by Crippen LogP contribution is 2.31. The molecule has 0 radical (unpaired) electrons. The lowest BCUT2D eigenvalue weighted by atomic mass is 10.0. The van der Waals surface area contributed by atoms with E-state index in [4.69, 9.17) is 25.7 Å². The van der Waals surface area contributed by atoms with Crippen LogP contribution in [0.15, 0.2) is 24.3 Å². The van der Waals surface area contributed by atoms with Gasteiger partial charge in [0, 0.05) is 26.3 Å². The third kappa shape index (κ3) is 5.77. The first-order valence-electron chi connectivity index (χ1n) is 11.9. The first-order valence-corrected chi connectivity index (χ1v) is 12.7. The molecule has 12 heteroatoms. The van der Waals surface area contributed by atoms with E-state index in [1.165, 1.54) is 4.90 Å². The molecule has 0 aliphatic carbocycles. The molecule has 1 aromatic carbocycles. The predicted octanol–water partition coefficient (Wildman–Crippen LogP) is 1.49. The van der Waals surface area contributed by atoms with Gasteiger partial charge in [0.2, 0.25) is 5.91 Å². The summed E-state index contributed by atoms with van der Waals surface area (Å²) in [6.07, 6.45) is 3.10. The molecule has 3 atom stereocenters. The topological polar surface area (TPSA) is 159 Å². The molecule has 194 valence electrons. The lowest BCUT2D eigenvalue weighted by molar-refractivity contribution is -0.126. The van der Waals surface area contributed by atoms with Crippen LogP contribution in [0.1, 0.15) is 57.4 Å². The molecule has 2 saturated heterocycles. The van der Waals surface area contributed by atoms with E-state index in [9.17, 15) is 14.4 Å². The number of benzene rings is 1. The summed E-state index contributed by atoms with van der Waals surface area (Å²) >= 11 is 0.783. The first kappa shape index (κ1) is 25.9. The molecule has 2 aromatic rings. The highest BCUT2D eigenvalue weighted by Gasteiger charge is 2.37. The molecule has 2 aliphatic rings. The minimum absolute atomic E-state index is 0.0484. The number of hydrogen-bond donors (Lipinski definition) is 3. The van der Waals surface area contributed by atoms with E-state index in [0.29, 0.717) is 31.1 Å². The van der Waals surface area contributed by atoms with E-state index in [0.717, 1.165) is 37.2 Å². The number of ether oxygens (including phenoxy) is 3. The Morgan fingerprint density at radius 3 is 2.39 bits per heavy atom. The van der Waals surface area contributed by atoms with Crippen LogP contribution < -0.4 is 21.5 Å². The molecule has 2 aliphatic heterocycles. The fourth-order valence-electron chi connectivity index (χ4n) is 4.45. The number of aromatic nitrogens is 1. The summed E-state index contributed by atoms with van der Waals surface area (Å²) in [6, 6.07) is 5.96. The molecule has 11 nitrogen and oxygen atoms in total. The Hall–Kier alpha value is -3.22. The van der Waals surface area contributed by atoms with Crippen molar-refractivity contribution >= 4 is 34.9 Å². The van der Waals surface area contributed by atoms with Crippen molar-refractivity contribution in [2.24, 2.45) is 5.73 Å². The Morgan fingerprint density at radius 1 is 1.17 bits per heavy atom. The fourth-order valence-corrected chi connectivity index (χ4v) is 5.21. The lowest BCUT2D eigenvalue weighted by Gasteiger charge is -2.33. The van der Waals surface area contributed by atoms with Crippen molar-refractivity contribution < 1.29 is 28.6 Å². The quantitative estimate of drug-likeness (QED) is 0.427. The lowest BCUT2D eigenvalue weighted by Crippen LogP contribution is -2.47. The summed E-state index contributed by atoms with van der Waals surface area (Å²) < 4.78 is 20.7. The van der Waals surface area contributed by atoms with Crippen LogP contribution in [0.3, 0.4) is 0 Å². The molecule has 2 fully saturated rings. The third-order valence-electron chi connectivity index (χ3n) is 6.36. The number of carbonyl (C=O) groups excluding carboxylic acids is 3. The van der Waals surface area contributed by atoms with E-state index in [2.05, 4.69) is 9.69 Å². The maximum Gasteiger partial charge on any atom is 0.270 e. The second kappa shape index (κ2) is 11.7.